The average molecular weight is 582 g/mol. The normalized spacial score (nSPS) is 46.4. The molecule has 226 valence electrons. The molecule has 41 heavy (non-hydrogen) atoms. The molecule has 0 saturated heterocycles. The molecule has 0 bridgehead atoms. The number of ether oxygens (including phenoxy) is 1. The molecule has 0 aliphatic heterocycles. The number of carbonyl (C=O) groups excluding carboxylic acids is 1. The number of nitrogens with zero attached hydrogens (tertiary/aromatic N) is 1. The third kappa shape index (κ3) is 4.15. The predicted octanol–water partition coefficient (Wildman–Crippen LogP) is 8.91. The summed E-state index contributed by atoms with van der Waals surface area (Å²) in [6.07, 6.45) is 13.0. The Balaban J connectivity index is 1.31. The molecule has 0 aromatic carbocycles. The Morgan fingerprint density at radius 3 is 2.41 bits per heavy atom. The predicted molar refractivity (Wildman–Crippen MR) is 165 cm³/mol. The Labute approximate surface area is 253 Å². The van der Waals surface area contributed by atoms with Gasteiger partial charge in [0, 0.05) is 11.6 Å². The summed E-state index contributed by atoms with van der Waals surface area (Å²) in [5.41, 5.74) is 2.58. The van der Waals surface area contributed by atoms with Crippen molar-refractivity contribution in [1.29, 1.82) is 0 Å². The molecule has 5 aliphatic carbocycles. The van der Waals surface area contributed by atoms with Crippen LogP contribution in [0.15, 0.2) is 30.5 Å². The van der Waals surface area contributed by atoms with Crippen LogP contribution in [0.3, 0.4) is 0 Å². The summed E-state index contributed by atoms with van der Waals surface area (Å²) < 4.78 is 6.13. The molecular weight excluding hydrogens is 530 g/mol. The van der Waals surface area contributed by atoms with Crippen LogP contribution in [0, 0.1) is 56.7 Å². The number of carbonyl (C=O) groups is 1. The lowest BCUT2D eigenvalue weighted by atomic mass is 9.32. The zero-order chi connectivity index (χ0) is 29.6. The smallest absolute Gasteiger partial charge is 0.339 e. The maximum absolute atomic E-state index is 13.1. The van der Waals surface area contributed by atoms with Crippen molar-refractivity contribution < 1.29 is 14.6 Å². The van der Waals surface area contributed by atoms with E-state index in [1.165, 1.54) is 43.9 Å². The summed E-state index contributed by atoms with van der Waals surface area (Å²) in [4.78, 5) is 17.2. The first-order valence-corrected chi connectivity index (χ1v) is 16.7. The first-order chi connectivity index (χ1) is 19.2. The number of allylic oxidation sites excluding steroid dienone is 1. The third-order valence-corrected chi connectivity index (χ3v) is 14.9. The van der Waals surface area contributed by atoms with Crippen LogP contribution in [0.5, 0.6) is 0 Å². The highest BCUT2D eigenvalue weighted by Crippen LogP contribution is 2.77. The Morgan fingerprint density at radius 2 is 1.73 bits per heavy atom. The van der Waals surface area contributed by atoms with Crippen LogP contribution in [-0.2, 0) is 4.74 Å². The molecule has 5 saturated carbocycles. The van der Waals surface area contributed by atoms with Crippen molar-refractivity contribution in [3.05, 3.63) is 41.2 Å². The highest BCUT2D eigenvalue weighted by molar-refractivity contribution is 6.29. The van der Waals surface area contributed by atoms with Crippen molar-refractivity contribution in [3.63, 3.8) is 0 Å². The molecule has 1 aromatic rings. The standard InChI is InChI=1S/C36H52ClNO3/c1-22(2)24-12-17-36(21-41-31(40)23-8-11-29(37)38-20-23)19-18-34(6)25(30(24)36)9-10-27-33(5)15-14-28(39)32(3,4)26(33)13-16-35(27,34)7/h8,11,20,24-28,30,39H,1,9-10,12-19,21H2,2-7H3/t24-,25+,26-,27+,28-,30+,33-,34+,35+,36+/m0/s1. The monoisotopic (exact) mass is 581 g/mol. The van der Waals surface area contributed by atoms with E-state index in [-0.39, 0.29) is 39.1 Å². The van der Waals surface area contributed by atoms with E-state index in [9.17, 15) is 9.90 Å². The molecule has 10 atom stereocenters. The number of esters is 1. The van der Waals surface area contributed by atoms with Crippen molar-refractivity contribution in [1.82, 2.24) is 4.98 Å². The molecule has 0 radical (unpaired) electrons. The molecule has 5 heteroatoms. The summed E-state index contributed by atoms with van der Waals surface area (Å²) in [5, 5.41) is 11.4. The topological polar surface area (TPSA) is 59.4 Å². The molecule has 1 heterocycles. The third-order valence-electron chi connectivity index (χ3n) is 14.7. The molecule has 6 rings (SSSR count). The highest BCUT2D eigenvalue weighted by Gasteiger charge is 2.71. The second kappa shape index (κ2) is 9.81. The van der Waals surface area contributed by atoms with Gasteiger partial charge in [-0.05, 0) is 135 Å². The fourth-order valence-electron chi connectivity index (χ4n) is 12.3. The van der Waals surface area contributed by atoms with E-state index in [2.05, 4.69) is 53.1 Å². The van der Waals surface area contributed by atoms with Crippen LogP contribution < -0.4 is 0 Å². The minimum absolute atomic E-state index is 0.0184. The van der Waals surface area contributed by atoms with Gasteiger partial charge in [0.15, 0.2) is 0 Å². The molecule has 0 spiro atoms. The van der Waals surface area contributed by atoms with Gasteiger partial charge in [-0.3, -0.25) is 0 Å². The minimum atomic E-state index is -0.293. The molecule has 0 unspecified atom stereocenters. The quantitative estimate of drug-likeness (QED) is 0.219. The Hall–Kier alpha value is -1.39. The molecular formula is C36H52ClNO3. The second-order valence-corrected chi connectivity index (χ2v) is 16.8. The second-order valence-electron chi connectivity index (χ2n) is 16.4. The number of hydrogen-bond acceptors (Lipinski definition) is 4. The maximum atomic E-state index is 13.1. The summed E-state index contributed by atoms with van der Waals surface area (Å²) in [6.45, 7) is 19.8. The average Bonchev–Trinajstić information content (AvgIpc) is 3.31. The summed E-state index contributed by atoms with van der Waals surface area (Å²) >= 11 is 5.95. The van der Waals surface area contributed by atoms with Gasteiger partial charge in [0.25, 0.3) is 0 Å². The molecule has 5 fully saturated rings. The van der Waals surface area contributed by atoms with E-state index in [1.54, 1.807) is 12.1 Å². The number of aliphatic hydroxyl groups is 1. The van der Waals surface area contributed by atoms with Crippen LogP contribution in [0.2, 0.25) is 5.15 Å². The van der Waals surface area contributed by atoms with Gasteiger partial charge in [0.2, 0.25) is 0 Å². The first-order valence-electron chi connectivity index (χ1n) is 16.3. The molecule has 5 aliphatic rings. The Morgan fingerprint density at radius 1 is 0.976 bits per heavy atom. The Bertz CT molecular complexity index is 1210. The van der Waals surface area contributed by atoms with Gasteiger partial charge in [0.1, 0.15) is 5.15 Å². The van der Waals surface area contributed by atoms with E-state index in [4.69, 9.17) is 16.3 Å². The van der Waals surface area contributed by atoms with E-state index < -0.39 is 0 Å². The van der Waals surface area contributed by atoms with Crippen molar-refractivity contribution >= 4 is 17.6 Å². The van der Waals surface area contributed by atoms with Crippen molar-refractivity contribution in [2.75, 3.05) is 6.61 Å². The number of fused-ring (bicyclic) bond motifs is 7. The number of halogens is 1. The van der Waals surface area contributed by atoms with Crippen molar-refractivity contribution in [2.45, 2.75) is 112 Å². The van der Waals surface area contributed by atoms with Gasteiger partial charge in [-0.2, -0.15) is 0 Å². The van der Waals surface area contributed by atoms with E-state index in [0.29, 0.717) is 46.9 Å². The van der Waals surface area contributed by atoms with Gasteiger partial charge in [-0.25, -0.2) is 9.78 Å². The SMILES string of the molecule is C=C(C)[C@@H]1CC[C@]2(COC(=O)c3ccc(Cl)nc3)CC[C@]3(C)[C@H](CC[C@@H]4[C@@]5(C)CC[C@H](O)C(C)(C)[C@@H]5CC[C@]43C)[C@@H]12. The lowest BCUT2D eigenvalue weighted by Crippen LogP contribution is -2.66. The van der Waals surface area contributed by atoms with Gasteiger partial charge in [-0.15, -0.1) is 0 Å². The van der Waals surface area contributed by atoms with Crippen LogP contribution in [-0.4, -0.2) is 28.8 Å². The number of rotatable bonds is 4. The summed E-state index contributed by atoms with van der Waals surface area (Å²) in [7, 11) is 0. The fraction of sp³-hybridized carbons (Fsp3) is 0.778. The van der Waals surface area contributed by atoms with Gasteiger partial charge >= 0.3 is 5.97 Å². The van der Waals surface area contributed by atoms with Gasteiger partial charge in [0.05, 0.1) is 18.3 Å². The highest BCUT2D eigenvalue weighted by atomic mass is 35.5. The first kappa shape index (κ1) is 29.7. The van der Waals surface area contributed by atoms with E-state index in [0.717, 1.165) is 32.1 Å². The van der Waals surface area contributed by atoms with E-state index >= 15 is 0 Å². The number of aliphatic hydroxyl groups excluding tert-OH is 1. The molecule has 4 nitrogen and oxygen atoms in total. The van der Waals surface area contributed by atoms with Crippen LogP contribution in [0.4, 0.5) is 0 Å². The van der Waals surface area contributed by atoms with Crippen LogP contribution in [0.25, 0.3) is 0 Å². The van der Waals surface area contributed by atoms with Gasteiger partial charge < -0.3 is 9.84 Å². The van der Waals surface area contributed by atoms with Crippen LogP contribution >= 0.6 is 11.6 Å². The zero-order valence-electron chi connectivity index (χ0n) is 26.3. The summed E-state index contributed by atoms with van der Waals surface area (Å²) in [6, 6.07) is 3.36. The number of hydrogen-bond donors (Lipinski definition) is 1. The van der Waals surface area contributed by atoms with Gasteiger partial charge in [-0.1, -0.05) is 58.4 Å². The van der Waals surface area contributed by atoms with Crippen LogP contribution in [0.1, 0.15) is 116 Å². The molecule has 1 aromatic heterocycles. The summed E-state index contributed by atoms with van der Waals surface area (Å²) in [5.74, 6) is 2.58. The van der Waals surface area contributed by atoms with Crippen molar-refractivity contribution in [2.24, 2.45) is 56.7 Å². The minimum Gasteiger partial charge on any atom is -0.461 e. The van der Waals surface area contributed by atoms with Crippen molar-refractivity contribution in [3.8, 4) is 0 Å². The molecule has 1 N–H and O–H groups in total. The number of pyridine rings is 1. The number of aromatic nitrogens is 1. The lowest BCUT2D eigenvalue weighted by molar-refractivity contribution is -0.249. The molecule has 0 amide bonds. The zero-order valence-corrected chi connectivity index (χ0v) is 27.0. The lowest BCUT2D eigenvalue weighted by Gasteiger charge is -2.73. The fourth-order valence-corrected chi connectivity index (χ4v) is 12.4. The van der Waals surface area contributed by atoms with E-state index in [1.807, 2.05) is 0 Å². The largest absolute Gasteiger partial charge is 0.461 e. The Kier molecular flexibility index (Phi) is 7.10. The maximum Gasteiger partial charge on any atom is 0.339 e.